The zero-order valence-corrected chi connectivity index (χ0v) is 13.9. The molecule has 0 aliphatic carbocycles. The number of hydrogen-bond acceptors (Lipinski definition) is 2. The van der Waals surface area contributed by atoms with Gasteiger partial charge < -0.3 is 4.90 Å². The van der Waals surface area contributed by atoms with E-state index < -0.39 is 0 Å². The maximum atomic E-state index is 12.5. The van der Waals surface area contributed by atoms with Gasteiger partial charge in [0.1, 0.15) is 0 Å². The summed E-state index contributed by atoms with van der Waals surface area (Å²) in [5.74, 6) is -0.0632. The summed E-state index contributed by atoms with van der Waals surface area (Å²) in [5, 5.41) is 0. The highest BCUT2D eigenvalue weighted by Crippen LogP contribution is 2.23. The molecule has 0 unspecified atom stereocenters. The minimum Gasteiger partial charge on any atom is -0.311 e. The number of thiol groups is 1. The summed E-state index contributed by atoms with van der Waals surface area (Å²) in [5.41, 5.74) is 2.73. The molecule has 2 aromatic carbocycles. The molecule has 0 aliphatic rings. The Morgan fingerprint density at radius 1 is 1.20 bits per heavy atom. The molecule has 0 radical (unpaired) electrons. The summed E-state index contributed by atoms with van der Waals surface area (Å²) in [7, 11) is 1.78. The minimum absolute atomic E-state index is 0.0632. The number of nitrogens with zero attached hydrogens (tertiary/aromatic N) is 1. The third-order valence-corrected chi connectivity index (χ3v) is 4.09. The Hall–Kier alpha value is -1.26. The Kier molecular flexibility index (Phi) is 4.89. The first-order chi connectivity index (χ1) is 9.52. The fourth-order valence-corrected chi connectivity index (χ4v) is 2.79. The summed E-state index contributed by atoms with van der Waals surface area (Å²) in [6.45, 7) is 2.11. The lowest BCUT2D eigenvalue weighted by atomic mass is 10.1. The molecule has 0 atom stereocenters. The van der Waals surface area contributed by atoms with Crippen LogP contribution in [0.4, 0.5) is 5.69 Å². The average molecular weight is 350 g/mol. The van der Waals surface area contributed by atoms with E-state index in [0.29, 0.717) is 10.5 Å². The quantitative estimate of drug-likeness (QED) is 0.804. The molecular weight excluding hydrogens is 334 g/mol. The van der Waals surface area contributed by atoms with Crippen molar-refractivity contribution in [2.24, 2.45) is 0 Å². The topological polar surface area (TPSA) is 20.3 Å². The molecule has 4 heteroatoms. The number of benzene rings is 2. The van der Waals surface area contributed by atoms with E-state index in [1.807, 2.05) is 36.4 Å². The zero-order valence-electron chi connectivity index (χ0n) is 11.4. The number of amides is 1. The van der Waals surface area contributed by atoms with Crippen LogP contribution in [0, 0.1) is 0 Å². The van der Waals surface area contributed by atoms with Crippen molar-refractivity contribution < 1.29 is 4.79 Å². The molecule has 0 heterocycles. The maximum absolute atomic E-state index is 12.5. The van der Waals surface area contributed by atoms with Crippen LogP contribution in [0.25, 0.3) is 0 Å². The zero-order chi connectivity index (χ0) is 14.7. The van der Waals surface area contributed by atoms with Crippen molar-refractivity contribution in [1.82, 2.24) is 0 Å². The van der Waals surface area contributed by atoms with Gasteiger partial charge >= 0.3 is 0 Å². The van der Waals surface area contributed by atoms with Crippen LogP contribution in [0.5, 0.6) is 0 Å². The third-order valence-electron chi connectivity index (χ3n) is 3.23. The molecule has 20 heavy (non-hydrogen) atoms. The summed E-state index contributed by atoms with van der Waals surface area (Å²) in [4.78, 5) is 14.8. The lowest BCUT2D eigenvalue weighted by Crippen LogP contribution is -2.26. The number of halogens is 1. The predicted octanol–water partition coefficient (Wildman–Crippen LogP) is 4.58. The van der Waals surface area contributed by atoms with Crippen molar-refractivity contribution in [3.63, 3.8) is 0 Å². The average Bonchev–Trinajstić information content (AvgIpc) is 2.46. The third kappa shape index (κ3) is 3.25. The minimum atomic E-state index is -0.0632. The Morgan fingerprint density at radius 2 is 1.85 bits per heavy atom. The molecule has 0 aromatic heterocycles. The van der Waals surface area contributed by atoms with Gasteiger partial charge in [0.25, 0.3) is 5.91 Å². The Morgan fingerprint density at radius 3 is 2.40 bits per heavy atom. The van der Waals surface area contributed by atoms with Crippen molar-refractivity contribution in [1.29, 1.82) is 0 Å². The summed E-state index contributed by atoms with van der Waals surface area (Å²) >= 11 is 7.74. The molecule has 0 aliphatic heterocycles. The maximum Gasteiger partial charge on any atom is 0.259 e. The van der Waals surface area contributed by atoms with Crippen LogP contribution in [0.3, 0.4) is 0 Å². The molecule has 0 saturated carbocycles. The highest BCUT2D eigenvalue weighted by molar-refractivity contribution is 9.10. The first-order valence-corrected chi connectivity index (χ1v) is 7.62. The van der Waals surface area contributed by atoms with Gasteiger partial charge in [-0.1, -0.05) is 35.0 Å². The smallest absolute Gasteiger partial charge is 0.259 e. The van der Waals surface area contributed by atoms with Gasteiger partial charge in [-0.15, -0.1) is 12.6 Å². The van der Waals surface area contributed by atoms with Crippen LogP contribution < -0.4 is 4.90 Å². The summed E-state index contributed by atoms with van der Waals surface area (Å²) < 4.78 is 0.911. The van der Waals surface area contributed by atoms with Crippen molar-refractivity contribution >= 4 is 40.2 Å². The lowest BCUT2D eigenvalue weighted by Gasteiger charge is -2.18. The second-order valence-corrected chi connectivity index (χ2v) is 5.94. The van der Waals surface area contributed by atoms with Gasteiger partial charge in [-0.2, -0.15) is 0 Å². The SMILES string of the molecule is CCc1ccc(N(C)C(=O)c2ccc(Br)cc2S)cc1. The van der Waals surface area contributed by atoms with E-state index in [9.17, 15) is 4.79 Å². The first kappa shape index (κ1) is 15.1. The molecule has 0 N–H and O–H groups in total. The summed E-state index contributed by atoms with van der Waals surface area (Å²) in [6.07, 6.45) is 0.992. The Balaban J connectivity index is 2.27. The van der Waals surface area contributed by atoms with Crippen LogP contribution >= 0.6 is 28.6 Å². The van der Waals surface area contributed by atoms with Gasteiger partial charge in [-0.3, -0.25) is 4.79 Å². The van der Waals surface area contributed by atoms with E-state index in [4.69, 9.17) is 0 Å². The molecule has 2 rings (SSSR count). The van der Waals surface area contributed by atoms with Gasteiger partial charge in [0.05, 0.1) is 5.56 Å². The fraction of sp³-hybridized carbons (Fsp3) is 0.188. The largest absolute Gasteiger partial charge is 0.311 e. The van der Waals surface area contributed by atoms with E-state index in [1.54, 1.807) is 18.0 Å². The second kappa shape index (κ2) is 6.46. The highest BCUT2D eigenvalue weighted by Gasteiger charge is 2.16. The fourth-order valence-electron chi connectivity index (χ4n) is 1.94. The molecule has 2 aromatic rings. The van der Waals surface area contributed by atoms with Crippen molar-refractivity contribution in [2.45, 2.75) is 18.2 Å². The number of carbonyl (C=O) groups excluding carboxylic acids is 1. The molecule has 104 valence electrons. The van der Waals surface area contributed by atoms with Crippen molar-refractivity contribution in [3.05, 3.63) is 58.1 Å². The van der Waals surface area contributed by atoms with Crippen molar-refractivity contribution in [2.75, 3.05) is 11.9 Å². The van der Waals surface area contributed by atoms with Gasteiger partial charge in [-0.05, 0) is 42.3 Å². The van der Waals surface area contributed by atoms with Gasteiger partial charge in [0.2, 0.25) is 0 Å². The van der Waals surface area contributed by atoms with Gasteiger partial charge in [0, 0.05) is 22.1 Å². The molecule has 0 saturated heterocycles. The molecule has 0 fully saturated rings. The Bertz CT molecular complexity index is 625. The number of carbonyl (C=O) groups is 1. The Labute approximate surface area is 133 Å². The molecule has 2 nitrogen and oxygen atoms in total. The van der Waals surface area contributed by atoms with Crippen LogP contribution in [0.2, 0.25) is 0 Å². The van der Waals surface area contributed by atoms with Crippen LogP contribution in [-0.2, 0) is 6.42 Å². The van der Waals surface area contributed by atoms with Gasteiger partial charge in [0.15, 0.2) is 0 Å². The van der Waals surface area contributed by atoms with E-state index in [0.717, 1.165) is 16.6 Å². The highest BCUT2D eigenvalue weighted by atomic mass is 79.9. The second-order valence-electron chi connectivity index (χ2n) is 4.55. The number of aryl methyl sites for hydroxylation is 1. The van der Waals surface area contributed by atoms with Gasteiger partial charge in [-0.25, -0.2) is 0 Å². The van der Waals surface area contributed by atoms with Crippen LogP contribution in [0.15, 0.2) is 51.8 Å². The number of hydrogen-bond donors (Lipinski definition) is 1. The molecule has 0 spiro atoms. The van der Waals surface area contributed by atoms with Crippen molar-refractivity contribution in [3.8, 4) is 0 Å². The monoisotopic (exact) mass is 349 g/mol. The van der Waals surface area contributed by atoms with E-state index in [1.165, 1.54) is 5.56 Å². The first-order valence-electron chi connectivity index (χ1n) is 6.38. The van der Waals surface area contributed by atoms with Crippen LogP contribution in [-0.4, -0.2) is 13.0 Å². The molecule has 1 amide bonds. The number of anilines is 1. The van der Waals surface area contributed by atoms with E-state index >= 15 is 0 Å². The summed E-state index contributed by atoms with van der Waals surface area (Å²) in [6, 6.07) is 13.5. The van der Waals surface area contributed by atoms with Crippen LogP contribution in [0.1, 0.15) is 22.8 Å². The number of rotatable bonds is 3. The lowest BCUT2D eigenvalue weighted by molar-refractivity contribution is 0.0990. The molecular formula is C16H16BrNOS. The molecule has 0 bridgehead atoms. The predicted molar refractivity (Wildman–Crippen MR) is 89.9 cm³/mol. The van der Waals surface area contributed by atoms with E-state index in [2.05, 4.69) is 35.5 Å². The standard InChI is InChI=1S/C16H16BrNOS/c1-3-11-4-7-13(8-5-11)18(2)16(19)14-9-6-12(17)10-15(14)20/h4-10,20H,3H2,1-2H3. The van der Waals surface area contributed by atoms with E-state index in [-0.39, 0.29) is 5.91 Å². The normalized spacial score (nSPS) is 10.4.